The third-order valence-electron chi connectivity index (χ3n) is 25.2. The minimum Gasteiger partial charge on any atom is -0.386 e. The maximum Gasteiger partial charge on any atom is 0.347 e. The largest absolute Gasteiger partial charge is 0.386 e. The quantitative estimate of drug-likeness (QED) is 0.0836. The highest BCUT2D eigenvalue weighted by molar-refractivity contribution is 7.73. The summed E-state index contributed by atoms with van der Waals surface area (Å²) in [4.78, 5) is 24.7. The van der Waals surface area contributed by atoms with Gasteiger partial charge in [0.15, 0.2) is 0 Å². The van der Waals surface area contributed by atoms with Crippen LogP contribution in [0.2, 0.25) is 0 Å². The van der Waals surface area contributed by atoms with Gasteiger partial charge in [0.2, 0.25) is 0 Å². The van der Waals surface area contributed by atoms with Crippen LogP contribution in [0.5, 0.6) is 0 Å². The number of hydrogen-bond acceptors (Lipinski definition) is 3. The van der Waals surface area contributed by atoms with E-state index in [2.05, 4.69) is 163 Å². The standard InChI is InChI=1S/C22H36P2.2C18H36P2.C16H24O3P2/c1-5-17-13-14-18(6-2)23(17)21-11-9-10-12-22(21)24-19(7-3)15-16-20(24)8-4;1-11-12(2)16(6)19(15(11)5)9-10-20-17(7)13(3)14(4)18(20)8;1-5-15-9-10-16(6-2)19(15)13-14-20-17(7-3)11-12-18(20)8-4;1-9-5-6-10(2)20(9)13-14(16(18)19-15(13)17)21-11(3)7-8-12(21)4/h9-12,17-20H,5-8,13-16H2,1-4H3;11-18H,9-10H2,1-8H3;15-18H,5-14H2,1-4H3;9-12H,5-8H2,1-4H3/t17-,18-,19-,20-;11-,12-,13-,14-,15-,16-,17-,18-;15-,16-,17-,18-;9-,10-,11-,12-/m0001/s1. The first-order chi connectivity index (χ1) is 40.7. The van der Waals surface area contributed by atoms with Crippen LogP contribution >= 0.6 is 63.4 Å². The second-order valence-electron chi connectivity index (χ2n) is 29.2. The Bertz CT molecular complexity index is 2010. The number of ether oxygens (including phenoxy) is 1. The van der Waals surface area contributed by atoms with E-state index in [4.69, 9.17) is 4.74 Å². The van der Waals surface area contributed by atoms with E-state index in [1.54, 1.807) is 50.3 Å². The minimum atomic E-state index is -0.528. The summed E-state index contributed by atoms with van der Waals surface area (Å²) in [7, 11) is 0.406. The lowest BCUT2D eigenvalue weighted by Gasteiger charge is -2.32. The van der Waals surface area contributed by atoms with E-state index in [0.29, 0.717) is 38.5 Å². The molecule has 1 aromatic rings. The zero-order valence-electron chi connectivity index (χ0n) is 58.6. The molecular formula is C74H132O3P8. The average Bonchev–Trinajstić information content (AvgIpc) is 2.77. The van der Waals surface area contributed by atoms with Gasteiger partial charge in [-0.2, -0.15) is 0 Å². The highest BCUT2D eigenvalue weighted by Crippen LogP contribution is 2.71. The van der Waals surface area contributed by atoms with Crippen LogP contribution in [0.15, 0.2) is 34.9 Å². The van der Waals surface area contributed by atoms with Gasteiger partial charge in [0, 0.05) is 0 Å². The molecule has 8 fully saturated rings. The Balaban J connectivity index is 0.000000163. The molecule has 1 aromatic carbocycles. The van der Waals surface area contributed by atoms with Gasteiger partial charge >= 0.3 is 11.9 Å². The maximum absolute atomic E-state index is 12.4. The first-order valence-electron chi connectivity index (χ1n) is 36.4. The molecule has 0 amide bonds. The molecule has 0 saturated carbocycles. The summed E-state index contributed by atoms with van der Waals surface area (Å²) in [6, 6.07) is 9.79. The maximum atomic E-state index is 12.4. The molecule has 20 atom stereocenters. The second kappa shape index (κ2) is 34.8. The number of esters is 2. The average molecular weight is 1320 g/mol. The highest BCUT2D eigenvalue weighted by Gasteiger charge is 2.50. The van der Waals surface area contributed by atoms with Gasteiger partial charge in [-0.05, 0) is 278 Å². The lowest BCUT2D eigenvalue weighted by molar-refractivity contribution is -0.150. The number of benzene rings is 1. The van der Waals surface area contributed by atoms with E-state index in [1.807, 2.05) is 10.6 Å². The van der Waals surface area contributed by atoms with Crippen LogP contribution in [0.3, 0.4) is 0 Å². The third kappa shape index (κ3) is 16.8. The molecule has 9 heterocycles. The van der Waals surface area contributed by atoms with Gasteiger partial charge in [0.1, 0.15) is 0 Å². The van der Waals surface area contributed by atoms with Crippen LogP contribution in [-0.2, 0) is 14.3 Å². The summed E-state index contributed by atoms with van der Waals surface area (Å²) in [6.07, 6.45) is 34.8. The molecule has 10 rings (SSSR count). The molecule has 0 bridgehead atoms. The summed E-state index contributed by atoms with van der Waals surface area (Å²) in [5.74, 6) is 3.21. The zero-order chi connectivity index (χ0) is 62.1. The second-order valence-corrected chi connectivity index (χ2v) is 52.8. The van der Waals surface area contributed by atoms with Gasteiger partial charge in [-0.25, -0.2) is 9.59 Å². The first-order valence-corrected chi connectivity index (χ1v) is 49.0. The van der Waals surface area contributed by atoms with Crippen molar-refractivity contribution in [1.29, 1.82) is 0 Å². The van der Waals surface area contributed by atoms with E-state index in [1.165, 1.54) is 103 Å². The predicted molar refractivity (Wildman–Crippen MR) is 399 cm³/mol. The molecule has 3 nitrogen and oxygen atoms in total. The van der Waals surface area contributed by atoms with Crippen molar-refractivity contribution in [2.24, 2.45) is 23.7 Å². The summed E-state index contributed by atoms with van der Waals surface area (Å²) >= 11 is 0. The molecule has 0 radical (unpaired) electrons. The lowest BCUT2D eigenvalue weighted by Crippen LogP contribution is -2.30. The molecule has 0 spiro atoms. The zero-order valence-corrected chi connectivity index (χ0v) is 65.8. The first kappa shape index (κ1) is 73.9. The summed E-state index contributed by atoms with van der Waals surface area (Å²) < 4.78 is 5.09. The van der Waals surface area contributed by atoms with Crippen molar-refractivity contribution >= 4 is 85.9 Å². The van der Waals surface area contributed by atoms with E-state index in [9.17, 15) is 9.59 Å². The summed E-state index contributed by atoms with van der Waals surface area (Å²) in [5.41, 5.74) is 14.7. The predicted octanol–water partition coefficient (Wildman–Crippen LogP) is 23.7. The minimum absolute atomic E-state index is 0.0639. The van der Waals surface area contributed by atoms with Crippen molar-refractivity contribution in [1.82, 2.24) is 0 Å². The Morgan fingerprint density at radius 3 is 0.776 bits per heavy atom. The van der Waals surface area contributed by atoms with Crippen molar-refractivity contribution < 1.29 is 14.3 Å². The van der Waals surface area contributed by atoms with Gasteiger partial charge in [-0.3, -0.25) is 0 Å². The highest BCUT2D eigenvalue weighted by atomic mass is 31.1. The van der Waals surface area contributed by atoms with Gasteiger partial charge in [-0.1, -0.05) is 210 Å². The molecular weight excluding hydrogens is 1180 g/mol. The molecule has 9 aliphatic heterocycles. The van der Waals surface area contributed by atoms with Crippen LogP contribution in [0, 0.1) is 23.7 Å². The molecule has 0 aromatic heterocycles. The smallest absolute Gasteiger partial charge is 0.347 e. The Labute approximate surface area is 537 Å². The number of carbonyl (C=O) groups excluding carboxylic acids is 2. The molecule has 11 heteroatoms. The third-order valence-corrected chi connectivity index (χ3v) is 55.8. The lowest BCUT2D eigenvalue weighted by atomic mass is 9.92. The van der Waals surface area contributed by atoms with E-state index in [0.717, 1.165) is 102 Å². The molecule has 85 heavy (non-hydrogen) atoms. The molecule has 0 unspecified atom stereocenters. The Morgan fingerprint density at radius 1 is 0.318 bits per heavy atom. The van der Waals surface area contributed by atoms with Crippen LogP contribution in [0.4, 0.5) is 0 Å². The van der Waals surface area contributed by atoms with E-state index < -0.39 is 15.8 Å². The summed E-state index contributed by atoms with van der Waals surface area (Å²) in [6.45, 7) is 48.7. The Hall–Kier alpha value is 1.54. The van der Waals surface area contributed by atoms with Gasteiger partial charge in [0.05, 0.1) is 10.6 Å². The van der Waals surface area contributed by atoms with E-state index in [-0.39, 0.29) is 43.6 Å². The fraction of sp³-hybridized carbons (Fsp3) is 0.865. The molecule has 0 N–H and O–H groups in total. The van der Waals surface area contributed by atoms with Gasteiger partial charge < -0.3 is 4.74 Å². The fourth-order valence-electron chi connectivity index (χ4n) is 18.8. The number of carbonyl (C=O) groups is 2. The van der Waals surface area contributed by atoms with Crippen LogP contribution in [0.25, 0.3) is 0 Å². The SMILES string of the molecule is CC[C@H]1CC[C@H](CC)P1CCP1[C@@H](CC)CC[C@@H]1CC.CC[C@H]1CC[C@H](CC)P1c1ccccc1P1[C@@H](CC)CC[C@@H]1CC.C[C@@H]1CC[C@@H](C)P1C1=C(P2[C@H](C)CC[C@H]2C)C(=O)OC1=O.C[C@H]1[C@H](C)[C@H](C)P(CCP2[C@@H](C)[C@@H](C)[C@H](C)[C@@H]2C)[C@H]1C. The van der Waals surface area contributed by atoms with Crippen LogP contribution < -0.4 is 10.6 Å². The van der Waals surface area contributed by atoms with Gasteiger partial charge in [0.25, 0.3) is 0 Å². The van der Waals surface area contributed by atoms with Gasteiger partial charge in [-0.15, -0.1) is 15.8 Å². The van der Waals surface area contributed by atoms with E-state index >= 15 is 0 Å². The number of cyclic esters (lactones) is 2. The van der Waals surface area contributed by atoms with Crippen LogP contribution in [-0.4, -0.2) is 127 Å². The normalized spacial score (nSPS) is 40.3. The molecule has 8 saturated heterocycles. The van der Waals surface area contributed by atoms with Crippen molar-refractivity contribution in [3.8, 4) is 0 Å². The molecule has 9 aliphatic rings. The summed E-state index contributed by atoms with van der Waals surface area (Å²) in [5, 5.41) is 5.35. The van der Waals surface area contributed by atoms with Crippen LogP contribution in [0.1, 0.15) is 267 Å². The Kier molecular flexibility index (Phi) is 30.3. The number of hydrogen-bond donors (Lipinski definition) is 0. The molecule has 0 aliphatic carbocycles. The topological polar surface area (TPSA) is 43.4 Å². The van der Waals surface area contributed by atoms with Crippen molar-refractivity contribution in [3.05, 3.63) is 34.9 Å². The Morgan fingerprint density at radius 2 is 0.541 bits per heavy atom. The van der Waals surface area contributed by atoms with Crippen molar-refractivity contribution in [3.63, 3.8) is 0 Å². The van der Waals surface area contributed by atoms with Crippen molar-refractivity contribution in [2.75, 3.05) is 24.6 Å². The number of rotatable bonds is 18. The fourth-order valence-corrected chi connectivity index (χ4v) is 50.6. The molecule has 486 valence electrons. The van der Waals surface area contributed by atoms with Crippen molar-refractivity contribution in [2.45, 2.75) is 357 Å². The monoisotopic (exact) mass is 1320 g/mol.